The van der Waals surface area contributed by atoms with Crippen LogP contribution in [0.25, 0.3) is 0 Å². The largest absolute Gasteiger partial charge is 0.462 e. The summed E-state index contributed by atoms with van der Waals surface area (Å²) in [5.74, 6) is 1.50. The molecule has 0 aliphatic heterocycles. The number of aliphatic hydroxyl groups excluding tert-OH is 1. The summed E-state index contributed by atoms with van der Waals surface area (Å²) in [5, 5.41) is 12.5. The molecule has 2 aromatic rings. The maximum Gasteiger partial charge on any atom is 0.129 e. The molecule has 0 amide bonds. The van der Waals surface area contributed by atoms with E-state index in [1.54, 1.807) is 0 Å². The standard InChI is InChI=1S/C17H20BrNO2/c18-16-5-2-1-4-15(16)17(8-3-9-17)12-19-10-13-6-7-14(11-20)21-13/h1-2,4-7,19-20H,3,8-12H2. The molecule has 0 spiro atoms. The molecule has 1 fully saturated rings. The lowest BCUT2D eigenvalue weighted by Gasteiger charge is -2.43. The molecule has 0 unspecified atom stereocenters. The van der Waals surface area contributed by atoms with Crippen LogP contribution in [-0.2, 0) is 18.6 Å². The first kappa shape index (κ1) is 14.8. The van der Waals surface area contributed by atoms with Crippen LogP contribution in [0.2, 0.25) is 0 Å². The van der Waals surface area contributed by atoms with Gasteiger partial charge in [0, 0.05) is 16.4 Å². The minimum Gasteiger partial charge on any atom is -0.462 e. The maximum atomic E-state index is 9.01. The molecule has 0 bridgehead atoms. The Labute approximate surface area is 133 Å². The van der Waals surface area contributed by atoms with Crippen molar-refractivity contribution in [3.8, 4) is 0 Å². The van der Waals surface area contributed by atoms with Gasteiger partial charge in [-0.05, 0) is 36.6 Å². The third-order valence-electron chi connectivity index (χ3n) is 4.39. The average Bonchev–Trinajstić information content (AvgIpc) is 2.91. The SMILES string of the molecule is OCc1ccc(CNCC2(c3ccccc3Br)CCC2)o1. The number of rotatable bonds is 6. The number of halogens is 1. The summed E-state index contributed by atoms with van der Waals surface area (Å²) in [6.45, 7) is 1.61. The topological polar surface area (TPSA) is 45.4 Å². The number of hydrogen-bond donors (Lipinski definition) is 2. The van der Waals surface area contributed by atoms with Gasteiger partial charge in [-0.1, -0.05) is 40.5 Å². The van der Waals surface area contributed by atoms with Gasteiger partial charge in [0.05, 0.1) is 6.54 Å². The van der Waals surface area contributed by atoms with Crippen molar-refractivity contribution in [2.24, 2.45) is 0 Å². The first-order valence-corrected chi connectivity index (χ1v) is 8.17. The lowest BCUT2D eigenvalue weighted by atomic mass is 9.64. The Kier molecular flexibility index (Phi) is 4.48. The summed E-state index contributed by atoms with van der Waals surface area (Å²) >= 11 is 3.68. The number of nitrogens with one attached hydrogen (secondary N) is 1. The first-order valence-electron chi connectivity index (χ1n) is 7.38. The number of aliphatic hydroxyl groups is 1. The molecule has 1 aliphatic rings. The lowest BCUT2D eigenvalue weighted by molar-refractivity contribution is 0.225. The highest BCUT2D eigenvalue weighted by atomic mass is 79.9. The Balaban J connectivity index is 1.64. The molecule has 1 aromatic carbocycles. The molecule has 3 nitrogen and oxygen atoms in total. The summed E-state index contributed by atoms with van der Waals surface area (Å²) in [5.41, 5.74) is 1.64. The Morgan fingerprint density at radius 2 is 1.90 bits per heavy atom. The molecule has 1 aromatic heterocycles. The van der Waals surface area contributed by atoms with E-state index in [0.29, 0.717) is 12.3 Å². The Morgan fingerprint density at radius 3 is 2.52 bits per heavy atom. The monoisotopic (exact) mass is 349 g/mol. The molecule has 0 saturated heterocycles. The quantitative estimate of drug-likeness (QED) is 0.834. The van der Waals surface area contributed by atoms with Gasteiger partial charge in [0.1, 0.15) is 18.1 Å². The fourth-order valence-corrected chi connectivity index (χ4v) is 3.77. The second-order valence-electron chi connectivity index (χ2n) is 5.74. The lowest BCUT2D eigenvalue weighted by Crippen LogP contribution is -2.43. The van der Waals surface area contributed by atoms with Gasteiger partial charge in [0.25, 0.3) is 0 Å². The van der Waals surface area contributed by atoms with E-state index in [1.165, 1.54) is 29.3 Å². The number of hydrogen-bond acceptors (Lipinski definition) is 3. The van der Waals surface area contributed by atoms with Crippen LogP contribution in [-0.4, -0.2) is 11.7 Å². The van der Waals surface area contributed by atoms with Crippen molar-refractivity contribution < 1.29 is 9.52 Å². The molecule has 0 atom stereocenters. The van der Waals surface area contributed by atoms with Gasteiger partial charge < -0.3 is 14.8 Å². The second kappa shape index (κ2) is 6.34. The molecule has 2 N–H and O–H groups in total. The minimum absolute atomic E-state index is 0.0408. The summed E-state index contributed by atoms with van der Waals surface area (Å²) < 4.78 is 6.71. The molecule has 3 rings (SSSR count). The molecule has 0 radical (unpaired) electrons. The van der Waals surface area contributed by atoms with Crippen molar-refractivity contribution in [2.45, 2.75) is 37.8 Å². The van der Waals surface area contributed by atoms with E-state index in [1.807, 2.05) is 12.1 Å². The summed E-state index contributed by atoms with van der Waals surface area (Å²) in [6, 6.07) is 12.3. The molecule has 1 aliphatic carbocycles. The van der Waals surface area contributed by atoms with Crippen molar-refractivity contribution in [3.63, 3.8) is 0 Å². The van der Waals surface area contributed by atoms with E-state index in [2.05, 4.69) is 45.5 Å². The fourth-order valence-electron chi connectivity index (χ4n) is 3.06. The first-order chi connectivity index (χ1) is 10.2. The number of furan rings is 1. The van der Waals surface area contributed by atoms with Gasteiger partial charge in [0.2, 0.25) is 0 Å². The van der Waals surface area contributed by atoms with E-state index < -0.39 is 0 Å². The van der Waals surface area contributed by atoms with Crippen molar-refractivity contribution in [2.75, 3.05) is 6.54 Å². The summed E-state index contributed by atoms with van der Waals surface area (Å²) in [4.78, 5) is 0. The normalized spacial score (nSPS) is 16.7. The van der Waals surface area contributed by atoms with Crippen molar-refractivity contribution in [3.05, 3.63) is 58.0 Å². The molecule has 1 heterocycles. The van der Waals surface area contributed by atoms with E-state index in [4.69, 9.17) is 9.52 Å². The van der Waals surface area contributed by atoms with E-state index in [-0.39, 0.29) is 12.0 Å². The zero-order valence-electron chi connectivity index (χ0n) is 11.9. The highest BCUT2D eigenvalue weighted by molar-refractivity contribution is 9.10. The average molecular weight is 350 g/mol. The Morgan fingerprint density at radius 1 is 1.14 bits per heavy atom. The van der Waals surface area contributed by atoms with E-state index in [0.717, 1.165) is 12.3 Å². The van der Waals surface area contributed by atoms with E-state index in [9.17, 15) is 0 Å². The van der Waals surface area contributed by atoms with Crippen LogP contribution >= 0.6 is 15.9 Å². The van der Waals surface area contributed by atoms with Crippen LogP contribution in [0.15, 0.2) is 45.3 Å². The van der Waals surface area contributed by atoms with Gasteiger partial charge in [0.15, 0.2) is 0 Å². The Bertz CT molecular complexity index is 604. The zero-order valence-corrected chi connectivity index (χ0v) is 13.5. The van der Waals surface area contributed by atoms with Gasteiger partial charge in [-0.25, -0.2) is 0 Å². The summed E-state index contributed by atoms with van der Waals surface area (Å²) in [6.07, 6.45) is 3.74. The van der Waals surface area contributed by atoms with E-state index >= 15 is 0 Å². The van der Waals surface area contributed by atoms with Crippen LogP contribution in [0, 0.1) is 0 Å². The van der Waals surface area contributed by atoms with Gasteiger partial charge in [-0.15, -0.1) is 0 Å². The van der Waals surface area contributed by atoms with Crippen molar-refractivity contribution >= 4 is 15.9 Å². The van der Waals surface area contributed by atoms with Gasteiger partial charge >= 0.3 is 0 Å². The van der Waals surface area contributed by atoms with Gasteiger partial charge in [-0.2, -0.15) is 0 Å². The Hall–Kier alpha value is -1.10. The molecular weight excluding hydrogens is 330 g/mol. The predicted molar refractivity (Wildman–Crippen MR) is 86.0 cm³/mol. The van der Waals surface area contributed by atoms with Crippen LogP contribution in [0.4, 0.5) is 0 Å². The smallest absolute Gasteiger partial charge is 0.129 e. The molecular formula is C17H20BrNO2. The molecule has 112 valence electrons. The van der Waals surface area contributed by atoms with Crippen LogP contribution < -0.4 is 5.32 Å². The maximum absolute atomic E-state index is 9.01. The third kappa shape index (κ3) is 3.07. The number of benzene rings is 1. The van der Waals surface area contributed by atoms with Crippen LogP contribution in [0.3, 0.4) is 0 Å². The molecule has 21 heavy (non-hydrogen) atoms. The predicted octanol–water partition coefficient (Wildman–Crippen LogP) is 3.75. The second-order valence-corrected chi connectivity index (χ2v) is 6.60. The highest BCUT2D eigenvalue weighted by Gasteiger charge is 2.39. The fraction of sp³-hybridized carbons (Fsp3) is 0.412. The summed E-state index contributed by atoms with van der Waals surface area (Å²) in [7, 11) is 0. The molecule has 1 saturated carbocycles. The van der Waals surface area contributed by atoms with Gasteiger partial charge in [-0.3, -0.25) is 0 Å². The van der Waals surface area contributed by atoms with Crippen molar-refractivity contribution in [1.29, 1.82) is 0 Å². The highest BCUT2D eigenvalue weighted by Crippen LogP contribution is 2.45. The van der Waals surface area contributed by atoms with Crippen LogP contribution in [0.1, 0.15) is 36.3 Å². The third-order valence-corrected chi connectivity index (χ3v) is 5.08. The van der Waals surface area contributed by atoms with Crippen LogP contribution in [0.5, 0.6) is 0 Å². The van der Waals surface area contributed by atoms with Crippen molar-refractivity contribution in [1.82, 2.24) is 5.32 Å². The zero-order chi connectivity index (χ0) is 14.7. The molecule has 4 heteroatoms. The minimum atomic E-state index is -0.0408.